The molecule has 0 saturated heterocycles. The summed E-state index contributed by atoms with van der Waals surface area (Å²) in [6, 6.07) is 18.6. The zero-order chi connectivity index (χ0) is 45.6. The smallest absolute Gasteiger partial charge is 0.119 e. The Bertz CT molecular complexity index is 1460. The molecule has 6 aliphatic carbocycles. The molecule has 6 aliphatic rings. The molecular formula is C57H96O3. The van der Waals surface area contributed by atoms with Gasteiger partial charge in [0.15, 0.2) is 0 Å². The minimum Gasteiger partial charge on any atom is -0.508 e. The number of aromatic hydroxyl groups is 3. The summed E-state index contributed by atoms with van der Waals surface area (Å²) < 4.78 is 0. The average molecular weight is 829 g/mol. The largest absolute Gasteiger partial charge is 0.508 e. The molecule has 60 heavy (non-hydrogen) atoms. The normalized spacial score (nSPS) is 25.3. The van der Waals surface area contributed by atoms with Gasteiger partial charge in [-0.15, -0.1) is 0 Å². The summed E-state index contributed by atoms with van der Waals surface area (Å²) in [6.45, 7) is 32.7. The molecule has 0 heterocycles. The Morgan fingerprint density at radius 3 is 1.17 bits per heavy atom. The second-order valence-corrected chi connectivity index (χ2v) is 19.0. The fourth-order valence-electron chi connectivity index (χ4n) is 11.1. The molecule has 0 aliphatic heterocycles. The van der Waals surface area contributed by atoms with E-state index in [1.807, 2.05) is 106 Å². The molecule has 0 radical (unpaired) electrons. The molecule has 342 valence electrons. The number of rotatable bonds is 2. The lowest BCUT2D eigenvalue weighted by atomic mass is 9.82. The van der Waals surface area contributed by atoms with Gasteiger partial charge in [0.2, 0.25) is 0 Å². The Kier molecular flexibility index (Phi) is 26.3. The summed E-state index contributed by atoms with van der Waals surface area (Å²) in [4.78, 5) is 0. The molecule has 3 N–H and O–H groups in total. The zero-order valence-corrected chi connectivity index (χ0v) is 42.0. The SMILES string of the molecule is C1CC2C3CCC(C3)C2C1.C1CC2C3CCC(C3)C2C1.CC.CC.CC.CC.Cc1ccc(O)c(C(C)(C)C)c1.Cc1ccc(O)c(CC(C)C)c1.Cc1ccc(O)cc1. The minimum absolute atomic E-state index is 0.0239. The third-order valence-electron chi connectivity index (χ3n) is 13.6. The highest BCUT2D eigenvalue weighted by Gasteiger charge is 2.49. The van der Waals surface area contributed by atoms with Crippen LogP contribution in [0.2, 0.25) is 0 Å². The maximum absolute atomic E-state index is 9.57. The summed E-state index contributed by atoms with van der Waals surface area (Å²) in [5, 5.41) is 27.8. The van der Waals surface area contributed by atoms with E-state index in [1.165, 1.54) is 64.0 Å². The Morgan fingerprint density at radius 1 is 0.483 bits per heavy atom. The van der Waals surface area contributed by atoms with Gasteiger partial charge in [-0.3, -0.25) is 0 Å². The van der Waals surface area contributed by atoms with Crippen LogP contribution >= 0.6 is 0 Å². The number of aryl methyl sites for hydroxylation is 3. The van der Waals surface area contributed by atoms with Crippen molar-refractivity contribution in [3.63, 3.8) is 0 Å². The van der Waals surface area contributed by atoms with Gasteiger partial charge in [-0.2, -0.15) is 0 Å². The van der Waals surface area contributed by atoms with Crippen molar-refractivity contribution in [1.82, 2.24) is 0 Å². The minimum atomic E-state index is 0.0239. The Balaban J connectivity index is 0.000000361. The number of hydrogen-bond donors (Lipinski definition) is 3. The maximum atomic E-state index is 9.57. The summed E-state index contributed by atoms with van der Waals surface area (Å²) in [5.41, 5.74) is 5.67. The first-order valence-electron chi connectivity index (χ1n) is 25.0. The first-order valence-corrected chi connectivity index (χ1v) is 25.0. The summed E-state index contributed by atoms with van der Waals surface area (Å²) in [7, 11) is 0. The van der Waals surface area contributed by atoms with Crippen LogP contribution in [0.3, 0.4) is 0 Å². The van der Waals surface area contributed by atoms with E-state index in [0.29, 0.717) is 23.2 Å². The van der Waals surface area contributed by atoms with Crippen LogP contribution in [0.15, 0.2) is 60.7 Å². The van der Waals surface area contributed by atoms with Crippen molar-refractivity contribution < 1.29 is 15.3 Å². The molecule has 3 heteroatoms. The lowest BCUT2D eigenvalue weighted by Crippen LogP contribution is -2.15. The predicted molar refractivity (Wildman–Crippen MR) is 264 cm³/mol. The topological polar surface area (TPSA) is 60.7 Å². The fourth-order valence-corrected chi connectivity index (χ4v) is 11.1. The molecule has 9 rings (SSSR count). The molecule has 8 atom stereocenters. The van der Waals surface area contributed by atoms with Gasteiger partial charge < -0.3 is 15.3 Å². The molecule has 6 saturated carbocycles. The summed E-state index contributed by atoms with van der Waals surface area (Å²) in [5.74, 6) is 11.3. The highest BCUT2D eigenvalue weighted by atomic mass is 16.3. The van der Waals surface area contributed by atoms with Gasteiger partial charge in [-0.25, -0.2) is 0 Å². The van der Waals surface area contributed by atoms with Gasteiger partial charge in [-0.05, 0) is 185 Å². The van der Waals surface area contributed by atoms with Crippen molar-refractivity contribution in [2.45, 2.75) is 200 Å². The molecule has 3 aromatic rings. The molecule has 0 amide bonds. The van der Waals surface area contributed by atoms with Crippen LogP contribution in [-0.4, -0.2) is 15.3 Å². The van der Waals surface area contributed by atoms with E-state index in [4.69, 9.17) is 5.11 Å². The maximum Gasteiger partial charge on any atom is 0.119 e. The van der Waals surface area contributed by atoms with Gasteiger partial charge >= 0.3 is 0 Å². The van der Waals surface area contributed by atoms with Gasteiger partial charge in [0.1, 0.15) is 17.2 Å². The summed E-state index contributed by atoms with van der Waals surface area (Å²) in [6.07, 6.45) is 20.0. The van der Waals surface area contributed by atoms with E-state index in [2.05, 4.69) is 40.7 Å². The first-order chi connectivity index (χ1) is 28.7. The van der Waals surface area contributed by atoms with Crippen LogP contribution in [0.4, 0.5) is 0 Å². The molecule has 3 aromatic carbocycles. The molecule has 4 bridgehead atoms. The van der Waals surface area contributed by atoms with Crippen molar-refractivity contribution in [3.05, 3.63) is 88.5 Å². The zero-order valence-electron chi connectivity index (χ0n) is 42.0. The van der Waals surface area contributed by atoms with E-state index < -0.39 is 0 Å². The lowest BCUT2D eigenvalue weighted by molar-refractivity contribution is 0.259. The molecule has 8 unspecified atom stereocenters. The first kappa shape index (κ1) is 55.1. The van der Waals surface area contributed by atoms with Crippen molar-refractivity contribution in [1.29, 1.82) is 0 Å². The van der Waals surface area contributed by atoms with Crippen molar-refractivity contribution in [3.8, 4) is 17.2 Å². The third-order valence-corrected chi connectivity index (χ3v) is 13.6. The number of hydrogen-bond acceptors (Lipinski definition) is 3. The molecular weight excluding hydrogens is 733 g/mol. The molecule has 0 spiro atoms. The highest BCUT2D eigenvalue weighted by Crippen LogP contribution is 2.59. The molecule has 6 fully saturated rings. The van der Waals surface area contributed by atoms with Crippen molar-refractivity contribution in [2.75, 3.05) is 0 Å². The van der Waals surface area contributed by atoms with E-state index in [1.54, 1.807) is 101 Å². The Labute approximate surface area is 372 Å². The van der Waals surface area contributed by atoms with E-state index in [0.717, 1.165) is 17.5 Å². The third kappa shape index (κ3) is 17.1. The molecule has 0 aromatic heterocycles. The van der Waals surface area contributed by atoms with E-state index >= 15 is 0 Å². The van der Waals surface area contributed by atoms with Crippen LogP contribution in [0.5, 0.6) is 17.2 Å². The van der Waals surface area contributed by atoms with E-state index in [9.17, 15) is 10.2 Å². The number of benzene rings is 3. The highest BCUT2D eigenvalue weighted by molar-refractivity contribution is 5.40. The molecule has 3 nitrogen and oxygen atoms in total. The average Bonchev–Trinajstić information content (AvgIpc) is 4.11. The second-order valence-electron chi connectivity index (χ2n) is 19.0. The Hall–Kier alpha value is -2.94. The standard InChI is InChI=1S/2C11H16O.2C10H16.C7H8O.4C2H6/c1-8-5-6-10(12)9(7-8)11(2,3)4;1-8(2)6-10-7-9(3)4-5-11(10)12;2*1-2-9-7-4-5-8(6-7)10(9)3-1;1-6-2-4-7(8)5-3-6;4*1-2/h5-7,12H,1-4H3;4-5,7-8,12H,6H2,1-3H3;2*7-10H,1-6H2;2-5,8H,1H3;4*1-2H3. The van der Waals surface area contributed by atoms with Crippen molar-refractivity contribution >= 4 is 0 Å². The van der Waals surface area contributed by atoms with Crippen LogP contribution in [-0.2, 0) is 11.8 Å². The van der Waals surface area contributed by atoms with Gasteiger partial charge in [0.05, 0.1) is 0 Å². The predicted octanol–water partition coefficient (Wildman–Crippen LogP) is 17.4. The van der Waals surface area contributed by atoms with Crippen LogP contribution < -0.4 is 0 Å². The second kappa shape index (κ2) is 28.6. The van der Waals surface area contributed by atoms with E-state index in [-0.39, 0.29) is 5.41 Å². The lowest BCUT2D eigenvalue weighted by Gasteiger charge is -2.23. The number of phenolic OH excluding ortho intramolecular Hbond substituents is 3. The summed E-state index contributed by atoms with van der Waals surface area (Å²) >= 11 is 0. The van der Waals surface area contributed by atoms with Gasteiger partial charge in [0, 0.05) is 0 Å². The van der Waals surface area contributed by atoms with Crippen LogP contribution in [0.25, 0.3) is 0 Å². The van der Waals surface area contributed by atoms with Crippen LogP contribution in [0.1, 0.15) is 195 Å². The number of fused-ring (bicyclic) bond motifs is 10. The fraction of sp³-hybridized carbons (Fsp3) is 0.684. The van der Waals surface area contributed by atoms with Crippen molar-refractivity contribution in [2.24, 2.45) is 53.3 Å². The monoisotopic (exact) mass is 829 g/mol. The van der Waals surface area contributed by atoms with Gasteiger partial charge in [-0.1, -0.05) is 156 Å². The Morgan fingerprint density at radius 2 is 0.833 bits per heavy atom. The van der Waals surface area contributed by atoms with Crippen LogP contribution in [0, 0.1) is 74.0 Å². The quantitative estimate of drug-likeness (QED) is 0.241. The number of phenols is 3. The van der Waals surface area contributed by atoms with Gasteiger partial charge in [0.25, 0.3) is 0 Å².